The van der Waals surface area contributed by atoms with Gasteiger partial charge < -0.3 is 16.0 Å². The molecule has 1 unspecified atom stereocenters. The largest absolute Gasteiger partial charge is 0.331 e. The van der Waals surface area contributed by atoms with E-state index in [0.29, 0.717) is 0 Å². The third kappa shape index (κ3) is 3.87. The number of anilines is 1. The Morgan fingerprint density at radius 2 is 1.88 bits per heavy atom. The number of rotatable bonds is 4. The van der Waals surface area contributed by atoms with Crippen LogP contribution < -0.4 is 20.4 Å². The first-order chi connectivity index (χ1) is 16.7. The lowest BCUT2D eigenvalue weighted by molar-refractivity contribution is 0.139. The molecular formula is C27H35N6O+. The Bertz CT molecular complexity index is 1170. The van der Waals surface area contributed by atoms with Gasteiger partial charge in [0.25, 0.3) is 0 Å². The molecule has 1 aromatic heterocycles. The minimum Gasteiger partial charge on any atom is -0.331 e. The summed E-state index contributed by atoms with van der Waals surface area (Å²) in [5.41, 5.74) is 5.88. The summed E-state index contributed by atoms with van der Waals surface area (Å²) in [6, 6.07) is 13.6. The van der Waals surface area contributed by atoms with Gasteiger partial charge in [-0.1, -0.05) is 12.1 Å². The van der Waals surface area contributed by atoms with Crippen molar-refractivity contribution in [2.24, 2.45) is 0 Å². The van der Waals surface area contributed by atoms with E-state index in [1.54, 1.807) is 6.20 Å². The molecule has 1 atom stereocenters. The molecule has 6 rings (SSSR count). The third-order valence-electron chi connectivity index (χ3n) is 8.38. The van der Waals surface area contributed by atoms with Gasteiger partial charge in [-0.25, -0.2) is 4.79 Å². The molecule has 2 aromatic carbocycles. The second-order valence-electron chi connectivity index (χ2n) is 10.2. The SMILES string of the molecule is O=C(Nc1cccc2[nH]ncc12)NC1CCc2cc([N+]3(C4CCNCC4)CCCCC3)ccc21. The van der Waals surface area contributed by atoms with Gasteiger partial charge in [-0.05, 0) is 61.4 Å². The Hall–Kier alpha value is -2.90. The Balaban J connectivity index is 1.20. The summed E-state index contributed by atoms with van der Waals surface area (Å²) in [5.74, 6) is 0. The molecule has 0 spiro atoms. The molecular weight excluding hydrogens is 424 g/mol. The van der Waals surface area contributed by atoms with E-state index in [1.165, 1.54) is 66.5 Å². The summed E-state index contributed by atoms with van der Waals surface area (Å²) in [7, 11) is 0. The van der Waals surface area contributed by atoms with Crippen LogP contribution in [0.4, 0.5) is 16.2 Å². The molecule has 7 nitrogen and oxygen atoms in total. The number of piperidine rings is 2. The summed E-state index contributed by atoms with van der Waals surface area (Å²) < 4.78 is 1.17. The standard InChI is InChI=1S/C27H34N6O/c34-27(30-24-5-4-6-26-23(24)18-29-32-26)31-25-10-7-19-17-21(8-9-22(19)25)33(15-2-1-3-16-33)20-11-13-28-14-12-20/h4-6,8-9,17-18,20,25,28H,1-3,7,10-16H2,(H2-,29,30,31,32,34)/p+1. The van der Waals surface area contributed by atoms with E-state index in [2.05, 4.69) is 44.3 Å². The number of H-pyrrole nitrogens is 1. The topological polar surface area (TPSA) is 81.8 Å². The van der Waals surface area contributed by atoms with Crippen LogP contribution in [0.5, 0.6) is 0 Å². The van der Waals surface area contributed by atoms with Crippen molar-refractivity contribution < 1.29 is 4.79 Å². The maximum absolute atomic E-state index is 12.9. The second kappa shape index (κ2) is 9.04. The van der Waals surface area contributed by atoms with Crippen molar-refractivity contribution in [1.29, 1.82) is 0 Å². The highest BCUT2D eigenvalue weighted by Gasteiger charge is 2.41. The number of aromatic nitrogens is 2. The van der Waals surface area contributed by atoms with E-state index in [9.17, 15) is 4.79 Å². The molecule has 178 valence electrons. The highest BCUT2D eigenvalue weighted by Crippen LogP contribution is 2.40. The fourth-order valence-electron chi connectivity index (χ4n) is 6.64. The average Bonchev–Trinajstić information content (AvgIpc) is 3.52. The Labute approximate surface area is 200 Å². The number of aryl methyl sites for hydroxylation is 1. The lowest BCUT2D eigenvalue weighted by Gasteiger charge is -2.48. The van der Waals surface area contributed by atoms with Crippen LogP contribution in [0, 0.1) is 0 Å². The van der Waals surface area contributed by atoms with Gasteiger partial charge in [-0.15, -0.1) is 0 Å². The number of benzene rings is 2. The Morgan fingerprint density at radius 1 is 1.03 bits per heavy atom. The summed E-state index contributed by atoms with van der Waals surface area (Å²) in [5, 5.41) is 17.7. The number of hydrogen-bond acceptors (Lipinski definition) is 3. The number of quaternary nitrogens is 1. The summed E-state index contributed by atoms with van der Waals surface area (Å²) in [6.45, 7) is 4.83. The number of nitrogens with zero attached hydrogens (tertiary/aromatic N) is 2. The van der Waals surface area contributed by atoms with E-state index < -0.39 is 0 Å². The van der Waals surface area contributed by atoms with Crippen molar-refractivity contribution in [3.63, 3.8) is 0 Å². The van der Waals surface area contributed by atoms with Crippen molar-refractivity contribution in [3.8, 4) is 0 Å². The van der Waals surface area contributed by atoms with Crippen molar-refractivity contribution in [2.75, 3.05) is 31.5 Å². The maximum Gasteiger partial charge on any atom is 0.319 e. The highest BCUT2D eigenvalue weighted by molar-refractivity contribution is 6.00. The number of likely N-dealkylation sites (tertiary alicyclic amines) is 1. The minimum absolute atomic E-state index is 0.0567. The molecule has 2 fully saturated rings. The molecule has 3 aromatic rings. The van der Waals surface area contributed by atoms with E-state index >= 15 is 0 Å². The molecule has 7 heteroatoms. The zero-order valence-corrected chi connectivity index (χ0v) is 19.8. The van der Waals surface area contributed by atoms with Crippen molar-refractivity contribution >= 4 is 28.3 Å². The molecule has 4 N–H and O–H groups in total. The summed E-state index contributed by atoms with van der Waals surface area (Å²) in [4.78, 5) is 12.9. The Morgan fingerprint density at radius 3 is 2.74 bits per heavy atom. The van der Waals surface area contributed by atoms with Crippen LogP contribution in [0.1, 0.15) is 55.7 Å². The smallest absolute Gasteiger partial charge is 0.319 e. The van der Waals surface area contributed by atoms with Gasteiger partial charge in [0.15, 0.2) is 0 Å². The molecule has 0 bridgehead atoms. The molecule has 2 saturated heterocycles. The van der Waals surface area contributed by atoms with Gasteiger partial charge >= 0.3 is 6.03 Å². The molecule has 1 aliphatic carbocycles. The lowest BCUT2D eigenvalue weighted by atomic mass is 9.94. The molecule has 3 aliphatic rings. The van der Waals surface area contributed by atoms with Gasteiger partial charge in [-0.3, -0.25) is 9.58 Å². The van der Waals surface area contributed by atoms with Crippen LogP contribution in [-0.2, 0) is 6.42 Å². The fraction of sp³-hybridized carbons (Fsp3) is 0.481. The number of hydrogen-bond donors (Lipinski definition) is 4. The quantitative estimate of drug-likeness (QED) is 0.430. The van der Waals surface area contributed by atoms with Crippen molar-refractivity contribution in [3.05, 3.63) is 53.7 Å². The zero-order chi connectivity index (χ0) is 23.0. The molecule has 0 saturated carbocycles. The number of urea groups is 1. The molecule has 2 amide bonds. The maximum atomic E-state index is 12.9. The van der Waals surface area contributed by atoms with E-state index in [-0.39, 0.29) is 12.1 Å². The fourth-order valence-corrected chi connectivity index (χ4v) is 6.64. The number of carbonyl (C=O) groups excluding carboxylic acids is 1. The first-order valence-corrected chi connectivity index (χ1v) is 12.9. The van der Waals surface area contributed by atoms with Crippen LogP contribution >= 0.6 is 0 Å². The van der Waals surface area contributed by atoms with Gasteiger partial charge in [0, 0.05) is 37.4 Å². The number of aromatic amines is 1. The van der Waals surface area contributed by atoms with E-state index in [1.807, 2.05) is 18.2 Å². The van der Waals surface area contributed by atoms with Gasteiger partial charge in [0.1, 0.15) is 5.69 Å². The van der Waals surface area contributed by atoms with Crippen LogP contribution in [0.3, 0.4) is 0 Å². The molecule has 34 heavy (non-hydrogen) atoms. The number of amides is 2. The molecule has 0 radical (unpaired) electrons. The van der Waals surface area contributed by atoms with Gasteiger partial charge in [0.05, 0.1) is 42.6 Å². The highest BCUT2D eigenvalue weighted by atomic mass is 16.2. The molecule has 2 aliphatic heterocycles. The zero-order valence-electron chi connectivity index (χ0n) is 19.8. The third-order valence-corrected chi connectivity index (χ3v) is 8.38. The van der Waals surface area contributed by atoms with Gasteiger partial charge in [-0.2, -0.15) is 5.10 Å². The second-order valence-corrected chi connectivity index (χ2v) is 10.2. The summed E-state index contributed by atoms with van der Waals surface area (Å²) in [6.07, 6.45) is 10.3. The first-order valence-electron chi connectivity index (χ1n) is 12.9. The number of carbonyl (C=O) groups is 1. The summed E-state index contributed by atoms with van der Waals surface area (Å²) >= 11 is 0. The van der Waals surface area contributed by atoms with Crippen molar-refractivity contribution in [2.45, 2.75) is 57.0 Å². The lowest BCUT2D eigenvalue weighted by Crippen LogP contribution is -2.62. The molecule has 3 heterocycles. The van der Waals surface area contributed by atoms with E-state index in [0.717, 1.165) is 48.6 Å². The predicted octanol–water partition coefficient (Wildman–Crippen LogP) is 4.62. The van der Waals surface area contributed by atoms with Crippen LogP contribution in [0.2, 0.25) is 0 Å². The predicted molar refractivity (Wildman–Crippen MR) is 137 cm³/mol. The average molecular weight is 460 g/mol. The van der Waals surface area contributed by atoms with Gasteiger partial charge in [0.2, 0.25) is 0 Å². The van der Waals surface area contributed by atoms with Crippen LogP contribution in [0.15, 0.2) is 42.6 Å². The minimum atomic E-state index is -0.162. The van der Waals surface area contributed by atoms with Crippen LogP contribution in [-0.4, -0.2) is 48.4 Å². The Kier molecular flexibility index (Phi) is 5.75. The first kappa shape index (κ1) is 21.6. The normalized spacial score (nSPS) is 22.4. The van der Waals surface area contributed by atoms with E-state index in [4.69, 9.17) is 0 Å². The van der Waals surface area contributed by atoms with Crippen molar-refractivity contribution in [1.82, 2.24) is 25.3 Å². The van der Waals surface area contributed by atoms with Crippen LogP contribution in [0.25, 0.3) is 10.9 Å². The number of nitrogens with one attached hydrogen (secondary N) is 4. The number of fused-ring (bicyclic) bond motifs is 2. The monoisotopic (exact) mass is 459 g/mol.